The Bertz CT molecular complexity index is 643. The van der Waals surface area contributed by atoms with Crippen molar-refractivity contribution in [2.24, 2.45) is 0 Å². The molecule has 1 aliphatic rings. The standard InChI is InChI=1S/C19H23N3O/c1-15-4-6-16(7-5-15)12-19(23)21-14-17-8-9-18(20-13-17)22-10-2-3-11-22/h4-9,13H,2-3,10-12,14H2,1H3,(H,21,23). The van der Waals surface area contributed by atoms with Crippen LogP contribution in [0, 0.1) is 6.92 Å². The third-order valence-electron chi connectivity index (χ3n) is 4.21. The first-order chi connectivity index (χ1) is 11.2. The lowest BCUT2D eigenvalue weighted by molar-refractivity contribution is -0.120. The van der Waals surface area contributed by atoms with E-state index in [9.17, 15) is 4.79 Å². The molecule has 120 valence electrons. The van der Waals surface area contributed by atoms with Gasteiger partial charge >= 0.3 is 0 Å². The van der Waals surface area contributed by atoms with E-state index in [1.54, 1.807) is 0 Å². The maximum absolute atomic E-state index is 12.0. The van der Waals surface area contributed by atoms with Gasteiger partial charge in [-0.2, -0.15) is 0 Å². The molecule has 1 aromatic heterocycles. The number of aromatic nitrogens is 1. The number of aryl methyl sites for hydroxylation is 1. The fourth-order valence-corrected chi connectivity index (χ4v) is 2.81. The van der Waals surface area contributed by atoms with Crippen molar-refractivity contribution in [2.45, 2.75) is 32.7 Å². The van der Waals surface area contributed by atoms with Crippen molar-refractivity contribution in [3.8, 4) is 0 Å². The first-order valence-electron chi connectivity index (χ1n) is 8.23. The summed E-state index contributed by atoms with van der Waals surface area (Å²) >= 11 is 0. The van der Waals surface area contributed by atoms with Gasteiger partial charge in [-0.05, 0) is 37.0 Å². The van der Waals surface area contributed by atoms with Gasteiger partial charge in [-0.15, -0.1) is 0 Å². The van der Waals surface area contributed by atoms with Gasteiger partial charge in [0, 0.05) is 25.8 Å². The number of nitrogens with zero attached hydrogens (tertiary/aromatic N) is 2. The normalized spacial score (nSPS) is 14.0. The highest BCUT2D eigenvalue weighted by atomic mass is 16.1. The highest BCUT2D eigenvalue weighted by Gasteiger charge is 2.13. The lowest BCUT2D eigenvalue weighted by atomic mass is 10.1. The van der Waals surface area contributed by atoms with Crippen molar-refractivity contribution in [3.63, 3.8) is 0 Å². The zero-order chi connectivity index (χ0) is 16.1. The predicted molar refractivity (Wildman–Crippen MR) is 92.4 cm³/mol. The number of carbonyl (C=O) groups is 1. The van der Waals surface area contributed by atoms with Crippen molar-refractivity contribution in [2.75, 3.05) is 18.0 Å². The van der Waals surface area contributed by atoms with E-state index in [4.69, 9.17) is 0 Å². The van der Waals surface area contributed by atoms with E-state index in [0.29, 0.717) is 13.0 Å². The van der Waals surface area contributed by atoms with Crippen LogP contribution in [0.5, 0.6) is 0 Å². The molecule has 1 N–H and O–H groups in total. The summed E-state index contributed by atoms with van der Waals surface area (Å²) in [5.41, 5.74) is 3.28. The first-order valence-corrected chi connectivity index (χ1v) is 8.23. The predicted octanol–water partition coefficient (Wildman–Crippen LogP) is 2.85. The van der Waals surface area contributed by atoms with Gasteiger partial charge in [0.25, 0.3) is 0 Å². The molecule has 1 saturated heterocycles. The number of hydrogen-bond acceptors (Lipinski definition) is 3. The van der Waals surface area contributed by atoms with Crippen LogP contribution in [0.3, 0.4) is 0 Å². The molecule has 0 radical (unpaired) electrons. The molecule has 0 saturated carbocycles. The molecular formula is C19H23N3O. The summed E-state index contributed by atoms with van der Waals surface area (Å²) in [6.07, 6.45) is 4.77. The summed E-state index contributed by atoms with van der Waals surface area (Å²) in [7, 11) is 0. The zero-order valence-electron chi connectivity index (χ0n) is 13.6. The second kappa shape index (κ2) is 7.27. The second-order valence-corrected chi connectivity index (χ2v) is 6.16. The van der Waals surface area contributed by atoms with Crippen LogP contribution in [-0.2, 0) is 17.8 Å². The molecular weight excluding hydrogens is 286 g/mol. The molecule has 4 nitrogen and oxygen atoms in total. The van der Waals surface area contributed by atoms with Crippen LogP contribution in [-0.4, -0.2) is 24.0 Å². The average Bonchev–Trinajstić information content (AvgIpc) is 3.10. The van der Waals surface area contributed by atoms with Crippen LogP contribution in [0.2, 0.25) is 0 Å². The third-order valence-corrected chi connectivity index (χ3v) is 4.21. The fraction of sp³-hybridized carbons (Fsp3) is 0.368. The minimum Gasteiger partial charge on any atom is -0.357 e. The summed E-state index contributed by atoms with van der Waals surface area (Å²) in [6.45, 7) is 4.76. The zero-order valence-corrected chi connectivity index (χ0v) is 13.6. The molecule has 23 heavy (non-hydrogen) atoms. The van der Waals surface area contributed by atoms with E-state index >= 15 is 0 Å². The summed E-state index contributed by atoms with van der Waals surface area (Å²) in [5.74, 6) is 1.08. The highest BCUT2D eigenvalue weighted by molar-refractivity contribution is 5.78. The summed E-state index contributed by atoms with van der Waals surface area (Å²) in [5, 5.41) is 2.96. The maximum Gasteiger partial charge on any atom is 0.224 e. The number of amides is 1. The number of hydrogen-bond donors (Lipinski definition) is 1. The van der Waals surface area contributed by atoms with Crippen molar-refractivity contribution in [3.05, 3.63) is 59.3 Å². The molecule has 3 rings (SSSR count). The smallest absolute Gasteiger partial charge is 0.224 e. The maximum atomic E-state index is 12.0. The summed E-state index contributed by atoms with van der Waals surface area (Å²) in [4.78, 5) is 18.8. The van der Waals surface area contributed by atoms with E-state index in [-0.39, 0.29) is 5.91 Å². The van der Waals surface area contributed by atoms with Crippen molar-refractivity contribution >= 4 is 11.7 Å². The summed E-state index contributed by atoms with van der Waals surface area (Å²) < 4.78 is 0. The number of nitrogens with one attached hydrogen (secondary N) is 1. The Balaban J connectivity index is 1.49. The van der Waals surface area contributed by atoms with Gasteiger partial charge in [0.15, 0.2) is 0 Å². The van der Waals surface area contributed by atoms with Crippen molar-refractivity contribution in [1.29, 1.82) is 0 Å². The Morgan fingerprint density at radius 3 is 2.43 bits per heavy atom. The number of benzene rings is 1. The average molecular weight is 309 g/mol. The third kappa shape index (κ3) is 4.31. The molecule has 4 heteroatoms. The Kier molecular flexibility index (Phi) is 4.91. The quantitative estimate of drug-likeness (QED) is 0.924. The van der Waals surface area contributed by atoms with E-state index in [2.05, 4.69) is 15.2 Å². The van der Waals surface area contributed by atoms with E-state index in [0.717, 1.165) is 30.0 Å². The Hall–Kier alpha value is -2.36. The fourth-order valence-electron chi connectivity index (χ4n) is 2.81. The lowest BCUT2D eigenvalue weighted by Crippen LogP contribution is -2.24. The molecule has 1 fully saturated rings. The molecule has 2 heterocycles. The minimum absolute atomic E-state index is 0.0393. The Morgan fingerprint density at radius 2 is 1.78 bits per heavy atom. The molecule has 0 unspecified atom stereocenters. The van der Waals surface area contributed by atoms with E-state index < -0.39 is 0 Å². The highest BCUT2D eigenvalue weighted by Crippen LogP contribution is 2.17. The topological polar surface area (TPSA) is 45.2 Å². The lowest BCUT2D eigenvalue weighted by Gasteiger charge is -2.16. The van der Waals surface area contributed by atoms with Gasteiger partial charge in [0.05, 0.1) is 6.42 Å². The van der Waals surface area contributed by atoms with Crippen LogP contribution in [0.1, 0.15) is 29.5 Å². The van der Waals surface area contributed by atoms with Gasteiger partial charge in [0.1, 0.15) is 5.82 Å². The molecule has 0 bridgehead atoms. The SMILES string of the molecule is Cc1ccc(CC(=O)NCc2ccc(N3CCCC3)nc2)cc1. The van der Waals surface area contributed by atoms with Crippen LogP contribution in [0.25, 0.3) is 0 Å². The van der Waals surface area contributed by atoms with Gasteiger partial charge in [-0.25, -0.2) is 4.98 Å². The van der Waals surface area contributed by atoms with Crippen LogP contribution >= 0.6 is 0 Å². The molecule has 0 spiro atoms. The molecule has 0 atom stereocenters. The number of rotatable bonds is 5. The number of anilines is 1. The van der Waals surface area contributed by atoms with Crippen LogP contribution < -0.4 is 10.2 Å². The van der Waals surface area contributed by atoms with Crippen LogP contribution in [0.15, 0.2) is 42.6 Å². The minimum atomic E-state index is 0.0393. The van der Waals surface area contributed by atoms with Crippen LogP contribution in [0.4, 0.5) is 5.82 Å². The first kappa shape index (κ1) is 15.5. The molecule has 1 amide bonds. The molecule has 0 aliphatic carbocycles. The van der Waals surface area contributed by atoms with Gasteiger partial charge in [0.2, 0.25) is 5.91 Å². The number of pyridine rings is 1. The van der Waals surface area contributed by atoms with Gasteiger partial charge in [-0.3, -0.25) is 4.79 Å². The van der Waals surface area contributed by atoms with E-state index in [1.807, 2.05) is 49.5 Å². The van der Waals surface area contributed by atoms with Crippen molar-refractivity contribution < 1.29 is 4.79 Å². The Labute approximate surface area is 137 Å². The largest absolute Gasteiger partial charge is 0.357 e. The Morgan fingerprint density at radius 1 is 1.09 bits per heavy atom. The molecule has 1 aliphatic heterocycles. The molecule has 2 aromatic rings. The molecule has 1 aromatic carbocycles. The van der Waals surface area contributed by atoms with Gasteiger partial charge in [-0.1, -0.05) is 35.9 Å². The van der Waals surface area contributed by atoms with Gasteiger partial charge < -0.3 is 10.2 Å². The van der Waals surface area contributed by atoms with E-state index in [1.165, 1.54) is 18.4 Å². The monoisotopic (exact) mass is 309 g/mol. The second-order valence-electron chi connectivity index (χ2n) is 6.16. The van der Waals surface area contributed by atoms with Crippen molar-refractivity contribution in [1.82, 2.24) is 10.3 Å². The summed E-state index contributed by atoms with van der Waals surface area (Å²) in [6, 6.07) is 12.2. The number of carbonyl (C=O) groups excluding carboxylic acids is 1.